The van der Waals surface area contributed by atoms with Gasteiger partial charge in [-0.05, 0) is 12.1 Å². The molecule has 2 unspecified atom stereocenters. The second kappa shape index (κ2) is 3.78. The van der Waals surface area contributed by atoms with Crippen LogP contribution in [-0.2, 0) is 9.59 Å². The number of rotatable bonds is 1. The van der Waals surface area contributed by atoms with Crippen LogP contribution >= 0.6 is 0 Å². The highest BCUT2D eigenvalue weighted by Gasteiger charge is 2.48. The Balaban J connectivity index is 1.68. The summed E-state index contributed by atoms with van der Waals surface area (Å²) in [6.45, 7) is 0.773. The third-order valence-electron chi connectivity index (χ3n) is 3.85. The van der Waals surface area contributed by atoms with Gasteiger partial charge >= 0.3 is 0 Å². The maximum absolute atomic E-state index is 13.1. The predicted octanol–water partition coefficient (Wildman–Crippen LogP) is 0.676. The van der Waals surface area contributed by atoms with E-state index in [0.29, 0.717) is 30.2 Å². The van der Waals surface area contributed by atoms with Gasteiger partial charge in [-0.2, -0.15) is 4.98 Å². The molecule has 2 aliphatic heterocycles. The molecule has 2 aromatic rings. The number of halogens is 1. The van der Waals surface area contributed by atoms with E-state index in [0.717, 1.165) is 0 Å². The molecule has 2 aliphatic rings. The zero-order chi connectivity index (χ0) is 13.9. The standard InChI is InChI=1S/C13H10FN3O3/c14-6-1-2-9-10(3-6)20-13(15-9)17-4-7-8(5-17)12(19)16-11(7)18/h1-3,7-8H,4-5H2,(H,16,18,19). The Labute approximate surface area is 112 Å². The topological polar surface area (TPSA) is 75.4 Å². The van der Waals surface area contributed by atoms with Crippen molar-refractivity contribution < 1.29 is 18.4 Å². The average Bonchev–Trinajstić information content (AvgIpc) is 3.05. The van der Waals surface area contributed by atoms with Gasteiger partial charge in [0.25, 0.3) is 6.01 Å². The van der Waals surface area contributed by atoms with Gasteiger partial charge in [-0.1, -0.05) is 0 Å². The van der Waals surface area contributed by atoms with E-state index in [9.17, 15) is 14.0 Å². The first-order valence-corrected chi connectivity index (χ1v) is 6.27. The largest absolute Gasteiger partial charge is 0.423 e. The third kappa shape index (κ3) is 1.52. The molecule has 0 aliphatic carbocycles. The monoisotopic (exact) mass is 275 g/mol. The van der Waals surface area contributed by atoms with Gasteiger partial charge in [0.2, 0.25) is 11.8 Å². The molecular formula is C13H10FN3O3. The van der Waals surface area contributed by atoms with E-state index < -0.39 is 5.82 Å². The molecule has 0 spiro atoms. The number of benzene rings is 1. The lowest BCUT2D eigenvalue weighted by molar-refractivity contribution is -0.126. The molecule has 2 saturated heterocycles. The lowest BCUT2D eigenvalue weighted by Gasteiger charge is -2.13. The predicted molar refractivity (Wildman–Crippen MR) is 66.3 cm³/mol. The van der Waals surface area contributed by atoms with Crippen molar-refractivity contribution in [1.29, 1.82) is 0 Å². The Morgan fingerprint density at radius 2 is 1.95 bits per heavy atom. The van der Waals surface area contributed by atoms with Crippen LogP contribution in [0.4, 0.5) is 10.4 Å². The van der Waals surface area contributed by atoms with Crippen molar-refractivity contribution in [3.05, 3.63) is 24.0 Å². The summed E-state index contributed by atoms with van der Waals surface area (Å²) in [4.78, 5) is 29.2. The number of aromatic nitrogens is 1. The van der Waals surface area contributed by atoms with Crippen LogP contribution in [0.3, 0.4) is 0 Å². The normalized spacial score (nSPS) is 25.4. The van der Waals surface area contributed by atoms with Crippen LogP contribution in [0, 0.1) is 17.7 Å². The molecule has 6 nitrogen and oxygen atoms in total. The molecule has 4 rings (SSSR count). The highest BCUT2D eigenvalue weighted by Crippen LogP contribution is 2.33. The Hall–Kier alpha value is -2.44. The molecule has 2 atom stereocenters. The number of nitrogens with one attached hydrogen (secondary N) is 1. The molecule has 1 aromatic carbocycles. The highest BCUT2D eigenvalue weighted by molar-refractivity contribution is 6.06. The first-order chi connectivity index (χ1) is 9.61. The summed E-state index contributed by atoms with van der Waals surface area (Å²) in [6.07, 6.45) is 0. The van der Waals surface area contributed by atoms with Crippen molar-refractivity contribution in [2.24, 2.45) is 11.8 Å². The van der Waals surface area contributed by atoms with E-state index in [4.69, 9.17) is 4.42 Å². The van der Waals surface area contributed by atoms with Crippen LogP contribution in [0.15, 0.2) is 22.6 Å². The van der Waals surface area contributed by atoms with Crippen LogP contribution in [0.2, 0.25) is 0 Å². The van der Waals surface area contributed by atoms with E-state index >= 15 is 0 Å². The van der Waals surface area contributed by atoms with E-state index in [1.807, 2.05) is 0 Å². The van der Waals surface area contributed by atoms with Crippen molar-refractivity contribution in [2.75, 3.05) is 18.0 Å². The van der Waals surface area contributed by atoms with E-state index in [1.165, 1.54) is 18.2 Å². The van der Waals surface area contributed by atoms with Gasteiger partial charge in [0, 0.05) is 19.2 Å². The Kier molecular flexibility index (Phi) is 2.15. The average molecular weight is 275 g/mol. The molecule has 0 bridgehead atoms. The fourth-order valence-electron chi connectivity index (χ4n) is 2.82. The summed E-state index contributed by atoms with van der Waals surface area (Å²) in [6, 6.07) is 4.43. The van der Waals surface area contributed by atoms with E-state index in [1.54, 1.807) is 4.90 Å². The molecular weight excluding hydrogens is 265 g/mol. The van der Waals surface area contributed by atoms with Crippen molar-refractivity contribution in [3.63, 3.8) is 0 Å². The quantitative estimate of drug-likeness (QED) is 0.774. The van der Waals surface area contributed by atoms with Crippen molar-refractivity contribution in [1.82, 2.24) is 10.3 Å². The highest BCUT2D eigenvalue weighted by atomic mass is 19.1. The lowest BCUT2D eigenvalue weighted by Crippen LogP contribution is -2.31. The minimum absolute atomic E-state index is 0.246. The summed E-state index contributed by atoms with van der Waals surface area (Å²) in [5.41, 5.74) is 0.905. The third-order valence-corrected chi connectivity index (χ3v) is 3.85. The maximum atomic E-state index is 13.1. The maximum Gasteiger partial charge on any atom is 0.298 e. The SMILES string of the molecule is O=C1NC(=O)C2CN(c3nc4ccc(F)cc4o3)CC12. The Morgan fingerprint density at radius 1 is 1.25 bits per heavy atom. The van der Waals surface area contributed by atoms with Crippen molar-refractivity contribution in [3.8, 4) is 0 Å². The minimum Gasteiger partial charge on any atom is -0.423 e. The first kappa shape index (κ1) is 11.4. The molecule has 2 fully saturated rings. The summed E-state index contributed by atoms with van der Waals surface area (Å²) < 4.78 is 18.6. The summed E-state index contributed by atoms with van der Waals surface area (Å²) >= 11 is 0. The molecule has 0 radical (unpaired) electrons. The number of nitrogens with zero attached hydrogens (tertiary/aromatic N) is 2. The zero-order valence-electron chi connectivity index (χ0n) is 10.3. The molecule has 2 amide bonds. The van der Waals surface area contributed by atoms with Gasteiger partial charge < -0.3 is 9.32 Å². The van der Waals surface area contributed by atoms with Crippen LogP contribution in [0.1, 0.15) is 0 Å². The molecule has 7 heteroatoms. The molecule has 1 N–H and O–H groups in total. The Bertz CT molecular complexity index is 720. The van der Waals surface area contributed by atoms with E-state index in [2.05, 4.69) is 10.3 Å². The molecule has 102 valence electrons. The summed E-state index contributed by atoms with van der Waals surface area (Å²) in [7, 11) is 0. The van der Waals surface area contributed by atoms with Crippen molar-refractivity contribution >= 4 is 28.9 Å². The number of hydrogen-bond acceptors (Lipinski definition) is 5. The van der Waals surface area contributed by atoms with E-state index in [-0.39, 0.29) is 23.7 Å². The zero-order valence-corrected chi connectivity index (χ0v) is 10.3. The van der Waals surface area contributed by atoms with Gasteiger partial charge in [0.1, 0.15) is 11.3 Å². The van der Waals surface area contributed by atoms with Gasteiger partial charge in [-0.25, -0.2) is 4.39 Å². The molecule has 20 heavy (non-hydrogen) atoms. The number of carbonyl (C=O) groups excluding carboxylic acids is 2. The molecule has 3 heterocycles. The van der Waals surface area contributed by atoms with Gasteiger partial charge in [0.15, 0.2) is 5.58 Å². The van der Waals surface area contributed by atoms with Crippen LogP contribution < -0.4 is 10.2 Å². The number of imide groups is 1. The first-order valence-electron chi connectivity index (χ1n) is 6.27. The van der Waals surface area contributed by atoms with Gasteiger partial charge in [-0.3, -0.25) is 14.9 Å². The fraction of sp³-hybridized carbons (Fsp3) is 0.308. The molecule has 1 aromatic heterocycles. The number of oxazole rings is 1. The van der Waals surface area contributed by atoms with Crippen LogP contribution in [-0.4, -0.2) is 29.9 Å². The Morgan fingerprint density at radius 3 is 2.65 bits per heavy atom. The number of fused-ring (bicyclic) bond motifs is 2. The summed E-state index contributed by atoms with van der Waals surface area (Å²) in [5, 5.41) is 2.32. The van der Waals surface area contributed by atoms with Gasteiger partial charge in [-0.15, -0.1) is 0 Å². The number of amides is 2. The number of carbonyl (C=O) groups is 2. The van der Waals surface area contributed by atoms with Gasteiger partial charge in [0.05, 0.1) is 11.8 Å². The van der Waals surface area contributed by atoms with Crippen molar-refractivity contribution in [2.45, 2.75) is 0 Å². The lowest BCUT2D eigenvalue weighted by atomic mass is 10.00. The fourth-order valence-corrected chi connectivity index (χ4v) is 2.82. The van der Waals surface area contributed by atoms with Crippen LogP contribution in [0.25, 0.3) is 11.1 Å². The smallest absolute Gasteiger partial charge is 0.298 e. The minimum atomic E-state index is -0.395. The van der Waals surface area contributed by atoms with Crippen LogP contribution in [0.5, 0.6) is 0 Å². The number of anilines is 1. The second-order valence-electron chi connectivity index (χ2n) is 5.08. The summed E-state index contributed by atoms with van der Waals surface area (Å²) in [5.74, 6) is -1.59. The molecule has 0 saturated carbocycles. The second-order valence-corrected chi connectivity index (χ2v) is 5.08. The number of hydrogen-bond donors (Lipinski definition) is 1.